The van der Waals surface area contributed by atoms with Gasteiger partial charge in [0.25, 0.3) is 0 Å². The molecule has 0 aromatic heterocycles. The Morgan fingerprint density at radius 2 is 1.89 bits per heavy atom. The van der Waals surface area contributed by atoms with E-state index in [-0.39, 0.29) is 4.90 Å². The molecule has 4 nitrogen and oxygen atoms in total. The maximum absolute atomic E-state index is 12.1. The van der Waals surface area contributed by atoms with Crippen LogP contribution in [0.1, 0.15) is 33.3 Å². The van der Waals surface area contributed by atoms with Gasteiger partial charge in [0.2, 0.25) is 10.0 Å². The van der Waals surface area contributed by atoms with Gasteiger partial charge in [0.15, 0.2) is 0 Å². The lowest BCUT2D eigenvalue weighted by Crippen LogP contribution is -2.40. The second-order valence-corrected chi connectivity index (χ2v) is 7.48. The smallest absolute Gasteiger partial charge is 0.241 e. The molecular formula is C13H21ClN2O2S. The van der Waals surface area contributed by atoms with Crippen LogP contribution in [0.3, 0.4) is 0 Å². The highest BCUT2D eigenvalue weighted by Gasteiger charge is 2.22. The number of hydrogen-bond donors (Lipinski definition) is 2. The van der Waals surface area contributed by atoms with Crippen molar-refractivity contribution in [3.05, 3.63) is 28.8 Å². The van der Waals surface area contributed by atoms with Crippen LogP contribution in [0.4, 0.5) is 0 Å². The molecule has 1 aromatic carbocycles. The molecule has 0 bridgehead atoms. The van der Waals surface area contributed by atoms with Crippen LogP contribution in [-0.2, 0) is 16.6 Å². The highest BCUT2D eigenvalue weighted by Crippen LogP contribution is 2.21. The Morgan fingerprint density at radius 3 is 2.37 bits per heavy atom. The number of halogens is 1. The topological polar surface area (TPSA) is 58.2 Å². The van der Waals surface area contributed by atoms with E-state index in [2.05, 4.69) is 10.0 Å². The van der Waals surface area contributed by atoms with Crippen molar-refractivity contribution in [1.29, 1.82) is 0 Å². The van der Waals surface area contributed by atoms with Crippen molar-refractivity contribution in [1.82, 2.24) is 10.0 Å². The predicted molar refractivity (Wildman–Crippen MR) is 78.9 cm³/mol. The standard InChI is InChI=1S/C13H21ClN2O2S/c1-5-15-9-10-6-7-11(8-12(10)14)19(17,18)16-13(2,3)4/h6-8,15-16H,5,9H2,1-4H3. The maximum atomic E-state index is 12.1. The summed E-state index contributed by atoms with van der Waals surface area (Å²) in [6.45, 7) is 8.85. The van der Waals surface area contributed by atoms with Crippen molar-refractivity contribution >= 4 is 21.6 Å². The minimum atomic E-state index is -3.53. The fourth-order valence-electron chi connectivity index (χ4n) is 1.56. The Labute approximate surface area is 120 Å². The first kappa shape index (κ1) is 16.4. The zero-order valence-corrected chi connectivity index (χ0v) is 13.3. The Balaban J connectivity index is 3.00. The quantitative estimate of drug-likeness (QED) is 0.879. The average Bonchev–Trinajstić information content (AvgIpc) is 2.24. The van der Waals surface area contributed by atoms with Gasteiger partial charge in [-0.3, -0.25) is 0 Å². The number of sulfonamides is 1. The fourth-order valence-corrected chi connectivity index (χ4v) is 3.32. The summed E-state index contributed by atoms with van der Waals surface area (Å²) in [7, 11) is -3.53. The van der Waals surface area contributed by atoms with Gasteiger partial charge >= 0.3 is 0 Å². The zero-order valence-electron chi connectivity index (χ0n) is 11.7. The van der Waals surface area contributed by atoms with Gasteiger partial charge in [0.1, 0.15) is 0 Å². The molecule has 0 aliphatic heterocycles. The minimum Gasteiger partial charge on any atom is -0.313 e. The number of nitrogens with one attached hydrogen (secondary N) is 2. The second-order valence-electron chi connectivity index (χ2n) is 5.39. The Morgan fingerprint density at radius 1 is 1.26 bits per heavy atom. The molecule has 0 saturated heterocycles. The van der Waals surface area contributed by atoms with E-state index in [9.17, 15) is 8.42 Å². The SMILES string of the molecule is CCNCc1ccc(S(=O)(=O)NC(C)(C)C)cc1Cl. The first-order valence-corrected chi connectivity index (χ1v) is 8.05. The molecular weight excluding hydrogens is 284 g/mol. The Hall–Kier alpha value is -0.620. The number of hydrogen-bond acceptors (Lipinski definition) is 3. The molecule has 0 fully saturated rings. The molecule has 0 spiro atoms. The van der Waals surface area contributed by atoms with E-state index in [4.69, 9.17) is 11.6 Å². The summed E-state index contributed by atoms with van der Waals surface area (Å²) in [5.41, 5.74) is 0.367. The molecule has 0 amide bonds. The molecule has 0 atom stereocenters. The van der Waals surface area contributed by atoms with Crippen molar-refractivity contribution in [2.24, 2.45) is 0 Å². The summed E-state index contributed by atoms with van der Waals surface area (Å²) in [4.78, 5) is 0.188. The third-order valence-electron chi connectivity index (χ3n) is 2.34. The average molecular weight is 305 g/mol. The normalized spacial score (nSPS) is 12.7. The number of rotatable bonds is 5. The van der Waals surface area contributed by atoms with Crippen LogP contribution in [0.15, 0.2) is 23.1 Å². The van der Waals surface area contributed by atoms with E-state index in [0.29, 0.717) is 11.6 Å². The number of benzene rings is 1. The predicted octanol–water partition coefficient (Wildman–Crippen LogP) is 2.53. The van der Waals surface area contributed by atoms with Gasteiger partial charge in [0.05, 0.1) is 4.90 Å². The van der Waals surface area contributed by atoms with Crippen molar-refractivity contribution < 1.29 is 8.42 Å². The Bertz CT molecular complexity index is 536. The molecule has 19 heavy (non-hydrogen) atoms. The lowest BCUT2D eigenvalue weighted by Gasteiger charge is -2.20. The van der Waals surface area contributed by atoms with Gasteiger partial charge in [-0.05, 0) is 45.0 Å². The molecule has 0 heterocycles. The molecule has 0 unspecified atom stereocenters. The molecule has 0 radical (unpaired) electrons. The van der Waals surface area contributed by atoms with E-state index in [1.807, 2.05) is 6.92 Å². The van der Waals surface area contributed by atoms with Crippen LogP contribution in [0, 0.1) is 0 Å². The van der Waals surface area contributed by atoms with Gasteiger partial charge in [-0.1, -0.05) is 24.6 Å². The molecule has 108 valence electrons. The van der Waals surface area contributed by atoms with Gasteiger partial charge in [-0.15, -0.1) is 0 Å². The minimum absolute atomic E-state index is 0.188. The third-order valence-corrected chi connectivity index (χ3v) is 4.45. The van der Waals surface area contributed by atoms with E-state index >= 15 is 0 Å². The lowest BCUT2D eigenvalue weighted by atomic mass is 10.1. The molecule has 1 rings (SSSR count). The van der Waals surface area contributed by atoms with Gasteiger partial charge in [-0.25, -0.2) is 13.1 Å². The Kier molecular flexibility index (Phi) is 5.38. The lowest BCUT2D eigenvalue weighted by molar-refractivity contribution is 0.491. The van der Waals surface area contributed by atoms with Crippen LogP contribution < -0.4 is 10.0 Å². The molecule has 2 N–H and O–H groups in total. The van der Waals surface area contributed by atoms with Gasteiger partial charge in [-0.2, -0.15) is 0 Å². The van der Waals surface area contributed by atoms with E-state index < -0.39 is 15.6 Å². The van der Waals surface area contributed by atoms with Gasteiger partial charge < -0.3 is 5.32 Å². The van der Waals surface area contributed by atoms with E-state index in [1.165, 1.54) is 6.07 Å². The molecule has 1 aromatic rings. The van der Waals surface area contributed by atoms with Crippen molar-refractivity contribution in [2.75, 3.05) is 6.54 Å². The monoisotopic (exact) mass is 304 g/mol. The second kappa shape index (κ2) is 6.22. The van der Waals surface area contributed by atoms with Crippen LogP contribution in [-0.4, -0.2) is 20.5 Å². The van der Waals surface area contributed by atoms with E-state index in [0.717, 1.165) is 12.1 Å². The summed E-state index contributed by atoms with van der Waals surface area (Å²) in [6, 6.07) is 4.80. The summed E-state index contributed by atoms with van der Waals surface area (Å²) >= 11 is 6.11. The molecule has 0 aliphatic carbocycles. The van der Waals surface area contributed by atoms with Crippen LogP contribution in [0.2, 0.25) is 5.02 Å². The first-order chi connectivity index (χ1) is 8.65. The van der Waals surface area contributed by atoms with Gasteiger partial charge in [0, 0.05) is 17.1 Å². The molecule has 0 aliphatic rings. The van der Waals surface area contributed by atoms with Crippen LogP contribution in [0.5, 0.6) is 0 Å². The summed E-state index contributed by atoms with van der Waals surface area (Å²) in [5, 5.41) is 3.61. The fraction of sp³-hybridized carbons (Fsp3) is 0.538. The van der Waals surface area contributed by atoms with Crippen LogP contribution >= 0.6 is 11.6 Å². The highest BCUT2D eigenvalue weighted by molar-refractivity contribution is 7.89. The van der Waals surface area contributed by atoms with E-state index in [1.54, 1.807) is 32.9 Å². The third kappa shape index (κ3) is 5.10. The van der Waals surface area contributed by atoms with Crippen molar-refractivity contribution in [3.63, 3.8) is 0 Å². The summed E-state index contributed by atoms with van der Waals surface area (Å²) in [6.07, 6.45) is 0. The molecule has 0 saturated carbocycles. The summed E-state index contributed by atoms with van der Waals surface area (Å²) in [5.74, 6) is 0. The maximum Gasteiger partial charge on any atom is 0.241 e. The first-order valence-electron chi connectivity index (χ1n) is 6.19. The molecule has 6 heteroatoms. The van der Waals surface area contributed by atoms with Crippen molar-refractivity contribution in [2.45, 2.75) is 44.7 Å². The highest BCUT2D eigenvalue weighted by atomic mass is 35.5. The zero-order chi connectivity index (χ0) is 14.7. The van der Waals surface area contributed by atoms with Crippen LogP contribution in [0.25, 0.3) is 0 Å². The van der Waals surface area contributed by atoms with Crippen molar-refractivity contribution in [3.8, 4) is 0 Å². The summed E-state index contributed by atoms with van der Waals surface area (Å²) < 4.78 is 26.9. The largest absolute Gasteiger partial charge is 0.313 e.